The van der Waals surface area contributed by atoms with Crippen LogP contribution >= 0.6 is 0 Å². The number of nitrogens with two attached hydrogens (primary N) is 1. The van der Waals surface area contributed by atoms with Gasteiger partial charge in [0, 0.05) is 6.04 Å². The Morgan fingerprint density at radius 1 is 0.895 bits per heavy atom. The van der Waals surface area contributed by atoms with E-state index in [1.54, 1.807) is 0 Å². The summed E-state index contributed by atoms with van der Waals surface area (Å²) in [5.41, 5.74) is 10.4. The van der Waals surface area contributed by atoms with E-state index in [9.17, 15) is 0 Å². The Hall–Kier alpha value is -0.820. The van der Waals surface area contributed by atoms with E-state index >= 15 is 0 Å². The van der Waals surface area contributed by atoms with Crippen LogP contribution < -0.4 is 5.73 Å². The number of benzene rings is 1. The molecule has 0 aliphatic carbocycles. The third kappa shape index (κ3) is 5.78. The monoisotopic (exact) mass is 261 g/mol. The standard InChI is InChI=1S/C18H31N/c1-4-5-6-7-8-9-10-14-17(19)18-15(2)12-11-13-16(18)3/h11-13,17H,4-10,14,19H2,1-3H3. The highest BCUT2D eigenvalue weighted by molar-refractivity contribution is 5.35. The Labute approximate surface area is 119 Å². The minimum atomic E-state index is 0.219. The lowest BCUT2D eigenvalue weighted by molar-refractivity contribution is 0.539. The fraction of sp³-hybridized carbons (Fsp3) is 0.667. The van der Waals surface area contributed by atoms with Crippen molar-refractivity contribution in [2.75, 3.05) is 0 Å². The van der Waals surface area contributed by atoms with E-state index in [0.717, 1.165) is 6.42 Å². The Morgan fingerprint density at radius 3 is 2.00 bits per heavy atom. The molecule has 0 radical (unpaired) electrons. The van der Waals surface area contributed by atoms with Gasteiger partial charge in [-0.1, -0.05) is 70.1 Å². The predicted octanol–water partition coefficient (Wildman–Crippen LogP) is 5.44. The first-order chi connectivity index (χ1) is 9.16. The predicted molar refractivity (Wildman–Crippen MR) is 85.5 cm³/mol. The van der Waals surface area contributed by atoms with Gasteiger partial charge in [-0.15, -0.1) is 0 Å². The zero-order valence-electron chi connectivity index (χ0n) is 13.0. The number of unbranched alkanes of at least 4 members (excludes halogenated alkanes) is 6. The molecule has 1 unspecified atom stereocenters. The fourth-order valence-corrected chi connectivity index (χ4v) is 2.88. The molecule has 1 atom stereocenters. The summed E-state index contributed by atoms with van der Waals surface area (Å²) in [6.07, 6.45) is 10.6. The summed E-state index contributed by atoms with van der Waals surface area (Å²) < 4.78 is 0. The maximum Gasteiger partial charge on any atom is 0.0300 e. The van der Waals surface area contributed by atoms with Gasteiger partial charge < -0.3 is 5.73 Å². The van der Waals surface area contributed by atoms with E-state index < -0.39 is 0 Å². The van der Waals surface area contributed by atoms with Crippen LogP contribution in [0.4, 0.5) is 0 Å². The van der Waals surface area contributed by atoms with Crippen LogP contribution in [0.15, 0.2) is 18.2 Å². The summed E-state index contributed by atoms with van der Waals surface area (Å²) in [7, 11) is 0. The molecule has 2 N–H and O–H groups in total. The van der Waals surface area contributed by atoms with Gasteiger partial charge >= 0.3 is 0 Å². The first kappa shape index (κ1) is 16.2. The first-order valence-electron chi connectivity index (χ1n) is 7.98. The van der Waals surface area contributed by atoms with E-state index in [1.165, 1.54) is 61.6 Å². The van der Waals surface area contributed by atoms with Crippen molar-refractivity contribution in [2.45, 2.75) is 78.2 Å². The Bertz CT molecular complexity index is 336. The molecule has 1 aromatic rings. The molecule has 0 amide bonds. The van der Waals surface area contributed by atoms with Crippen LogP contribution in [-0.2, 0) is 0 Å². The SMILES string of the molecule is CCCCCCCCCC(N)c1c(C)cccc1C. The molecule has 1 aromatic carbocycles. The zero-order valence-corrected chi connectivity index (χ0v) is 13.0. The van der Waals surface area contributed by atoms with Crippen LogP contribution in [0.25, 0.3) is 0 Å². The summed E-state index contributed by atoms with van der Waals surface area (Å²) >= 11 is 0. The average molecular weight is 261 g/mol. The third-order valence-corrected chi connectivity index (χ3v) is 4.03. The first-order valence-corrected chi connectivity index (χ1v) is 7.98. The number of aryl methyl sites for hydroxylation is 2. The van der Waals surface area contributed by atoms with Gasteiger partial charge in [-0.05, 0) is 37.0 Å². The van der Waals surface area contributed by atoms with Crippen molar-refractivity contribution in [1.82, 2.24) is 0 Å². The van der Waals surface area contributed by atoms with Crippen molar-refractivity contribution in [1.29, 1.82) is 0 Å². The molecule has 1 nitrogen and oxygen atoms in total. The van der Waals surface area contributed by atoms with Crippen LogP contribution in [0.1, 0.15) is 81.0 Å². The van der Waals surface area contributed by atoms with E-state index in [-0.39, 0.29) is 6.04 Å². The van der Waals surface area contributed by atoms with Crippen LogP contribution in [0, 0.1) is 13.8 Å². The molecule has 0 bridgehead atoms. The Balaban J connectivity index is 2.26. The summed E-state index contributed by atoms with van der Waals surface area (Å²) in [5.74, 6) is 0. The van der Waals surface area contributed by atoms with Crippen molar-refractivity contribution in [2.24, 2.45) is 5.73 Å². The molecule has 1 heteroatoms. The second kappa shape index (κ2) is 9.14. The van der Waals surface area contributed by atoms with E-state index in [0.29, 0.717) is 0 Å². The van der Waals surface area contributed by atoms with Crippen molar-refractivity contribution in [3.05, 3.63) is 34.9 Å². The maximum absolute atomic E-state index is 6.36. The van der Waals surface area contributed by atoms with Crippen molar-refractivity contribution in [3.8, 4) is 0 Å². The van der Waals surface area contributed by atoms with Gasteiger partial charge in [-0.3, -0.25) is 0 Å². The van der Waals surface area contributed by atoms with Gasteiger partial charge in [0.2, 0.25) is 0 Å². The van der Waals surface area contributed by atoms with E-state index in [4.69, 9.17) is 5.73 Å². The van der Waals surface area contributed by atoms with Gasteiger partial charge in [0.25, 0.3) is 0 Å². The molecule has 0 aliphatic heterocycles. The summed E-state index contributed by atoms with van der Waals surface area (Å²) in [6.45, 7) is 6.61. The molecule has 0 aromatic heterocycles. The van der Waals surface area contributed by atoms with Crippen molar-refractivity contribution >= 4 is 0 Å². The van der Waals surface area contributed by atoms with Crippen LogP contribution in [-0.4, -0.2) is 0 Å². The quantitative estimate of drug-likeness (QED) is 0.588. The highest BCUT2D eigenvalue weighted by atomic mass is 14.6. The third-order valence-electron chi connectivity index (χ3n) is 4.03. The minimum Gasteiger partial charge on any atom is -0.324 e. The highest BCUT2D eigenvalue weighted by Crippen LogP contribution is 2.24. The summed E-state index contributed by atoms with van der Waals surface area (Å²) in [4.78, 5) is 0. The normalized spacial score (nSPS) is 12.6. The molecule has 0 saturated heterocycles. The van der Waals surface area contributed by atoms with Crippen LogP contribution in [0.3, 0.4) is 0 Å². The van der Waals surface area contributed by atoms with Gasteiger partial charge in [0.1, 0.15) is 0 Å². The van der Waals surface area contributed by atoms with Gasteiger partial charge in [-0.2, -0.15) is 0 Å². The van der Waals surface area contributed by atoms with E-state index in [1.807, 2.05) is 0 Å². The lowest BCUT2D eigenvalue weighted by Crippen LogP contribution is -2.13. The fourth-order valence-electron chi connectivity index (χ4n) is 2.88. The second-order valence-corrected chi connectivity index (χ2v) is 5.82. The van der Waals surface area contributed by atoms with Crippen molar-refractivity contribution in [3.63, 3.8) is 0 Å². The van der Waals surface area contributed by atoms with Crippen molar-refractivity contribution < 1.29 is 0 Å². The number of hydrogen-bond acceptors (Lipinski definition) is 1. The molecule has 108 valence electrons. The maximum atomic E-state index is 6.36. The lowest BCUT2D eigenvalue weighted by atomic mass is 9.93. The smallest absolute Gasteiger partial charge is 0.0300 e. The summed E-state index contributed by atoms with van der Waals surface area (Å²) in [5, 5.41) is 0. The largest absolute Gasteiger partial charge is 0.324 e. The Morgan fingerprint density at radius 2 is 1.42 bits per heavy atom. The molecule has 0 spiro atoms. The average Bonchev–Trinajstić information content (AvgIpc) is 2.37. The Kier molecular flexibility index (Phi) is 7.81. The molecular formula is C18H31N. The zero-order chi connectivity index (χ0) is 14.1. The number of hydrogen-bond donors (Lipinski definition) is 1. The van der Waals surface area contributed by atoms with Crippen LogP contribution in [0.2, 0.25) is 0 Å². The second-order valence-electron chi connectivity index (χ2n) is 5.82. The molecule has 0 saturated carbocycles. The summed E-state index contributed by atoms with van der Waals surface area (Å²) in [6, 6.07) is 6.69. The molecule has 0 aliphatic rings. The van der Waals surface area contributed by atoms with Gasteiger partial charge in [0.15, 0.2) is 0 Å². The topological polar surface area (TPSA) is 26.0 Å². The van der Waals surface area contributed by atoms with Gasteiger partial charge in [0.05, 0.1) is 0 Å². The molecular weight excluding hydrogens is 230 g/mol. The molecule has 19 heavy (non-hydrogen) atoms. The lowest BCUT2D eigenvalue weighted by Gasteiger charge is -2.17. The molecule has 0 fully saturated rings. The minimum absolute atomic E-state index is 0.219. The molecule has 0 heterocycles. The van der Waals surface area contributed by atoms with Gasteiger partial charge in [-0.25, -0.2) is 0 Å². The number of rotatable bonds is 9. The highest BCUT2D eigenvalue weighted by Gasteiger charge is 2.10. The van der Waals surface area contributed by atoms with Crippen LogP contribution in [0.5, 0.6) is 0 Å². The molecule has 1 rings (SSSR count). The van der Waals surface area contributed by atoms with E-state index in [2.05, 4.69) is 39.0 Å².